The SMILES string of the molecule is COc1ccc(CNC2CC(Cl)C2(C)C)cc1Br. The van der Waals surface area contributed by atoms with E-state index in [1.54, 1.807) is 7.11 Å². The Labute approximate surface area is 122 Å². The summed E-state index contributed by atoms with van der Waals surface area (Å²) in [5.74, 6) is 0.864. The quantitative estimate of drug-likeness (QED) is 0.843. The molecule has 2 rings (SSSR count). The molecule has 0 amide bonds. The van der Waals surface area contributed by atoms with Crippen molar-refractivity contribution in [3.05, 3.63) is 28.2 Å². The number of methoxy groups -OCH3 is 1. The molecule has 0 heterocycles. The van der Waals surface area contributed by atoms with Crippen LogP contribution >= 0.6 is 27.5 Å². The lowest BCUT2D eigenvalue weighted by atomic mass is 9.67. The summed E-state index contributed by atoms with van der Waals surface area (Å²) >= 11 is 9.72. The van der Waals surface area contributed by atoms with Crippen LogP contribution in [0.25, 0.3) is 0 Å². The van der Waals surface area contributed by atoms with E-state index in [2.05, 4.69) is 47.2 Å². The van der Waals surface area contributed by atoms with Crippen LogP contribution in [-0.4, -0.2) is 18.5 Å². The van der Waals surface area contributed by atoms with E-state index in [-0.39, 0.29) is 10.8 Å². The van der Waals surface area contributed by atoms with Crippen molar-refractivity contribution in [2.24, 2.45) is 5.41 Å². The Bertz CT molecular complexity index is 436. The van der Waals surface area contributed by atoms with Crippen molar-refractivity contribution in [2.75, 3.05) is 7.11 Å². The van der Waals surface area contributed by atoms with E-state index in [1.807, 2.05) is 6.07 Å². The normalized spacial score (nSPS) is 25.6. The van der Waals surface area contributed by atoms with Crippen molar-refractivity contribution in [2.45, 2.75) is 38.2 Å². The molecule has 1 saturated carbocycles. The Hall–Kier alpha value is -0.250. The van der Waals surface area contributed by atoms with E-state index in [0.717, 1.165) is 23.2 Å². The van der Waals surface area contributed by atoms with E-state index in [9.17, 15) is 0 Å². The molecule has 0 aliphatic heterocycles. The Morgan fingerprint density at radius 3 is 2.72 bits per heavy atom. The lowest BCUT2D eigenvalue weighted by Crippen LogP contribution is -2.57. The van der Waals surface area contributed by atoms with Gasteiger partial charge in [0.25, 0.3) is 0 Å². The molecule has 0 radical (unpaired) electrons. The molecule has 1 fully saturated rings. The second kappa shape index (κ2) is 5.40. The fourth-order valence-corrected chi connectivity index (χ4v) is 3.20. The maximum absolute atomic E-state index is 6.22. The molecule has 1 aliphatic rings. The zero-order valence-electron chi connectivity index (χ0n) is 11.0. The lowest BCUT2D eigenvalue weighted by Gasteiger charge is -2.49. The summed E-state index contributed by atoms with van der Waals surface area (Å²) in [5.41, 5.74) is 1.43. The first-order valence-electron chi connectivity index (χ1n) is 6.15. The van der Waals surface area contributed by atoms with Crippen molar-refractivity contribution in [1.82, 2.24) is 5.32 Å². The third-order valence-electron chi connectivity index (χ3n) is 3.92. The zero-order valence-corrected chi connectivity index (χ0v) is 13.3. The van der Waals surface area contributed by atoms with Crippen LogP contribution in [0.1, 0.15) is 25.8 Å². The summed E-state index contributed by atoms with van der Waals surface area (Å²) in [6.45, 7) is 5.30. The summed E-state index contributed by atoms with van der Waals surface area (Å²) in [4.78, 5) is 0. The molecule has 1 aliphatic carbocycles. The van der Waals surface area contributed by atoms with Gasteiger partial charge in [-0.25, -0.2) is 0 Å². The standard InChI is InChI=1S/C14H19BrClNO/c1-14(2)12(16)7-13(14)17-8-9-4-5-11(18-3)10(15)6-9/h4-6,12-13,17H,7-8H2,1-3H3. The molecule has 100 valence electrons. The highest BCUT2D eigenvalue weighted by molar-refractivity contribution is 9.10. The first kappa shape index (κ1) is 14.2. The molecule has 1 aromatic carbocycles. The Balaban J connectivity index is 1.93. The van der Waals surface area contributed by atoms with Gasteiger partial charge in [0.15, 0.2) is 0 Å². The van der Waals surface area contributed by atoms with Gasteiger partial charge in [0.1, 0.15) is 5.75 Å². The highest BCUT2D eigenvalue weighted by Gasteiger charge is 2.46. The van der Waals surface area contributed by atoms with Gasteiger partial charge in [0.2, 0.25) is 0 Å². The van der Waals surface area contributed by atoms with Gasteiger partial charge in [0.05, 0.1) is 11.6 Å². The second-order valence-corrected chi connectivity index (χ2v) is 6.81. The Morgan fingerprint density at radius 1 is 1.50 bits per heavy atom. The molecule has 0 aromatic heterocycles. The highest BCUT2D eigenvalue weighted by Crippen LogP contribution is 2.44. The molecular weight excluding hydrogens is 314 g/mol. The van der Waals surface area contributed by atoms with Crippen LogP contribution in [0.5, 0.6) is 5.75 Å². The Morgan fingerprint density at radius 2 is 2.22 bits per heavy atom. The predicted octanol–water partition coefficient (Wildman–Crippen LogP) is 3.95. The maximum atomic E-state index is 6.22. The first-order valence-corrected chi connectivity index (χ1v) is 7.38. The fourth-order valence-electron chi connectivity index (χ4n) is 2.28. The molecular formula is C14H19BrClNO. The van der Waals surface area contributed by atoms with Crippen LogP contribution in [-0.2, 0) is 6.54 Å². The lowest BCUT2D eigenvalue weighted by molar-refractivity contribution is 0.115. The average molecular weight is 333 g/mol. The van der Waals surface area contributed by atoms with Crippen molar-refractivity contribution in [3.8, 4) is 5.75 Å². The van der Waals surface area contributed by atoms with Gasteiger partial charge < -0.3 is 10.1 Å². The number of benzene rings is 1. The monoisotopic (exact) mass is 331 g/mol. The molecule has 1 N–H and O–H groups in total. The predicted molar refractivity (Wildman–Crippen MR) is 79.4 cm³/mol. The zero-order chi connectivity index (χ0) is 13.3. The number of hydrogen-bond donors (Lipinski definition) is 1. The molecule has 4 heteroatoms. The smallest absolute Gasteiger partial charge is 0.133 e. The van der Waals surface area contributed by atoms with Crippen molar-refractivity contribution in [1.29, 1.82) is 0 Å². The number of alkyl halides is 1. The van der Waals surface area contributed by atoms with Crippen LogP contribution in [0.4, 0.5) is 0 Å². The minimum absolute atomic E-state index is 0.186. The van der Waals surface area contributed by atoms with Crippen LogP contribution in [0.15, 0.2) is 22.7 Å². The molecule has 2 nitrogen and oxygen atoms in total. The average Bonchev–Trinajstić information content (AvgIpc) is 2.34. The second-order valence-electron chi connectivity index (χ2n) is 5.43. The van der Waals surface area contributed by atoms with Gasteiger partial charge in [-0.1, -0.05) is 19.9 Å². The number of halogens is 2. The molecule has 18 heavy (non-hydrogen) atoms. The number of ether oxygens (including phenoxy) is 1. The van der Waals surface area contributed by atoms with Crippen LogP contribution in [0.3, 0.4) is 0 Å². The van der Waals surface area contributed by atoms with Gasteiger partial charge in [-0.2, -0.15) is 0 Å². The van der Waals surface area contributed by atoms with E-state index in [1.165, 1.54) is 5.56 Å². The molecule has 2 atom stereocenters. The first-order chi connectivity index (χ1) is 8.45. The summed E-state index contributed by atoms with van der Waals surface area (Å²) < 4.78 is 6.21. The molecule has 0 saturated heterocycles. The number of hydrogen-bond acceptors (Lipinski definition) is 2. The van der Waals surface area contributed by atoms with Crippen LogP contribution in [0.2, 0.25) is 0 Å². The molecule has 0 spiro atoms. The van der Waals surface area contributed by atoms with Crippen LogP contribution in [0, 0.1) is 5.41 Å². The summed E-state index contributed by atoms with van der Waals surface area (Å²) in [7, 11) is 1.68. The van der Waals surface area contributed by atoms with Gasteiger partial charge in [-0.3, -0.25) is 0 Å². The third-order valence-corrected chi connectivity index (χ3v) is 5.28. The third kappa shape index (κ3) is 2.68. The van der Waals surface area contributed by atoms with E-state index < -0.39 is 0 Å². The van der Waals surface area contributed by atoms with Crippen molar-refractivity contribution in [3.63, 3.8) is 0 Å². The van der Waals surface area contributed by atoms with Crippen molar-refractivity contribution < 1.29 is 4.74 Å². The molecule has 1 aromatic rings. The maximum Gasteiger partial charge on any atom is 0.133 e. The van der Waals surface area contributed by atoms with E-state index >= 15 is 0 Å². The Kier molecular flexibility index (Phi) is 4.25. The summed E-state index contributed by atoms with van der Waals surface area (Å²) in [5, 5.41) is 3.86. The molecule has 0 bridgehead atoms. The fraction of sp³-hybridized carbons (Fsp3) is 0.571. The van der Waals surface area contributed by atoms with Gasteiger partial charge in [-0.05, 0) is 45.5 Å². The van der Waals surface area contributed by atoms with E-state index in [0.29, 0.717) is 6.04 Å². The summed E-state index contributed by atoms with van der Waals surface area (Å²) in [6, 6.07) is 6.66. The van der Waals surface area contributed by atoms with Crippen molar-refractivity contribution >= 4 is 27.5 Å². The number of nitrogens with one attached hydrogen (secondary N) is 1. The molecule has 2 unspecified atom stereocenters. The topological polar surface area (TPSA) is 21.3 Å². The van der Waals surface area contributed by atoms with E-state index in [4.69, 9.17) is 16.3 Å². The minimum atomic E-state index is 0.186. The number of rotatable bonds is 4. The van der Waals surface area contributed by atoms with Gasteiger partial charge >= 0.3 is 0 Å². The highest BCUT2D eigenvalue weighted by atomic mass is 79.9. The van der Waals surface area contributed by atoms with Gasteiger partial charge in [-0.15, -0.1) is 11.6 Å². The summed E-state index contributed by atoms with van der Waals surface area (Å²) in [6.07, 6.45) is 1.05. The van der Waals surface area contributed by atoms with Gasteiger partial charge in [0, 0.05) is 18.0 Å². The van der Waals surface area contributed by atoms with Crippen LogP contribution < -0.4 is 10.1 Å². The largest absolute Gasteiger partial charge is 0.496 e. The minimum Gasteiger partial charge on any atom is -0.496 e.